The smallest absolute Gasteiger partial charge is 0.314 e. The Hall–Kier alpha value is -1.26. The molecule has 0 aliphatic carbocycles. The quantitative estimate of drug-likeness (QED) is 0.631. The summed E-state index contributed by atoms with van der Waals surface area (Å²) in [5.41, 5.74) is 0.0319. The number of carbonyl (C=O) groups excluding carboxylic acids is 1. The third kappa shape index (κ3) is 8.83. The molecular formula is C9H18N2O3. The fraction of sp³-hybridized carbons (Fsp3) is 0.778. The number of carbonyl (C=O) groups is 2. The Kier molecular flexibility index (Phi) is 4.97. The highest BCUT2D eigenvalue weighted by molar-refractivity contribution is 5.74. The van der Waals surface area contributed by atoms with Crippen molar-refractivity contribution < 1.29 is 14.7 Å². The van der Waals surface area contributed by atoms with E-state index in [1.54, 1.807) is 0 Å². The zero-order valence-electron chi connectivity index (χ0n) is 8.89. The van der Waals surface area contributed by atoms with E-state index in [0.717, 1.165) is 0 Å². The second kappa shape index (κ2) is 5.47. The Morgan fingerprint density at radius 1 is 1.21 bits per heavy atom. The second-order valence-corrected chi connectivity index (χ2v) is 4.31. The lowest BCUT2D eigenvalue weighted by Crippen LogP contribution is -2.40. The van der Waals surface area contributed by atoms with Crippen LogP contribution in [0.4, 0.5) is 4.79 Å². The van der Waals surface area contributed by atoms with Gasteiger partial charge in [0.05, 0.1) is 6.42 Å². The first-order valence-corrected chi connectivity index (χ1v) is 4.55. The molecule has 0 bridgehead atoms. The molecule has 2 amide bonds. The summed E-state index contributed by atoms with van der Waals surface area (Å²) in [4.78, 5) is 21.2. The lowest BCUT2D eigenvalue weighted by molar-refractivity contribution is -0.136. The number of urea groups is 1. The van der Waals surface area contributed by atoms with Crippen molar-refractivity contribution >= 4 is 12.0 Å². The van der Waals surface area contributed by atoms with Crippen molar-refractivity contribution in [2.24, 2.45) is 5.41 Å². The molecule has 14 heavy (non-hydrogen) atoms. The van der Waals surface area contributed by atoms with Crippen molar-refractivity contribution in [1.82, 2.24) is 10.6 Å². The zero-order valence-corrected chi connectivity index (χ0v) is 8.89. The van der Waals surface area contributed by atoms with Gasteiger partial charge >= 0.3 is 12.0 Å². The van der Waals surface area contributed by atoms with Gasteiger partial charge in [0.1, 0.15) is 0 Å². The summed E-state index contributed by atoms with van der Waals surface area (Å²) in [6.07, 6.45) is -0.0526. The van der Waals surface area contributed by atoms with E-state index < -0.39 is 5.97 Å². The Morgan fingerprint density at radius 2 is 1.79 bits per heavy atom. The van der Waals surface area contributed by atoms with Crippen LogP contribution in [0.15, 0.2) is 0 Å². The number of hydrogen-bond acceptors (Lipinski definition) is 2. The normalized spacial score (nSPS) is 10.8. The van der Waals surface area contributed by atoms with Gasteiger partial charge in [0.25, 0.3) is 0 Å². The van der Waals surface area contributed by atoms with E-state index in [1.807, 2.05) is 20.8 Å². The topological polar surface area (TPSA) is 78.4 Å². The molecule has 0 aromatic carbocycles. The maximum absolute atomic E-state index is 11.1. The predicted molar refractivity (Wildman–Crippen MR) is 53.1 cm³/mol. The first kappa shape index (κ1) is 12.7. The highest BCUT2D eigenvalue weighted by atomic mass is 16.4. The Bertz CT molecular complexity index is 209. The number of carboxylic acids is 1. The van der Waals surface area contributed by atoms with Gasteiger partial charge in [-0.3, -0.25) is 4.79 Å². The number of rotatable bonds is 4. The minimum atomic E-state index is -0.916. The summed E-state index contributed by atoms with van der Waals surface area (Å²) in [6.45, 7) is 6.73. The number of carboxylic acid groups (broad SMARTS) is 1. The number of aliphatic carboxylic acids is 1. The zero-order chi connectivity index (χ0) is 11.2. The molecule has 82 valence electrons. The Labute approximate surface area is 83.9 Å². The van der Waals surface area contributed by atoms with Crippen LogP contribution in [0.1, 0.15) is 27.2 Å². The molecule has 0 rings (SSSR count). The van der Waals surface area contributed by atoms with E-state index in [9.17, 15) is 9.59 Å². The molecule has 0 atom stereocenters. The molecule has 0 aromatic heterocycles. The average Bonchev–Trinajstić information content (AvgIpc) is 1.99. The lowest BCUT2D eigenvalue weighted by Gasteiger charge is -2.18. The van der Waals surface area contributed by atoms with Gasteiger partial charge in [-0.1, -0.05) is 20.8 Å². The molecule has 0 unspecified atom stereocenters. The minimum Gasteiger partial charge on any atom is -0.481 e. The Morgan fingerprint density at radius 3 is 2.21 bits per heavy atom. The van der Waals surface area contributed by atoms with E-state index >= 15 is 0 Å². The van der Waals surface area contributed by atoms with Crippen LogP contribution in [-0.2, 0) is 4.79 Å². The summed E-state index contributed by atoms with van der Waals surface area (Å²) >= 11 is 0. The SMILES string of the molecule is CC(C)(C)CNC(=O)NCCC(=O)O. The summed E-state index contributed by atoms with van der Waals surface area (Å²) in [7, 11) is 0. The molecule has 0 fully saturated rings. The molecule has 0 spiro atoms. The van der Waals surface area contributed by atoms with Gasteiger partial charge in [-0.25, -0.2) is 4.79 Å². The molecule has 5 nitrogen and oxygen atoms in total. The predicted octanol–water partition coefficient (Wildman–Crippen LogP) is 0.806. The molecule has 0 aliphatic rings. The van der Waals surface area contributed by atoms with E-state index in [0.29, 0.717) is 6.54 Å². The molecule has 0 aromatic rings. The van der Waals surface area contributed by atoms with Crippen LogP contribution >= 0.6 is 0 Å². The van der Waals surface area contributed by atoms with Crippen LogP contribution in [-0.4, -0.2) is 30.2 Å². The van der Waals surface area contributed by atoms with Crippen LogP contribution in [0.2, 0.25) is 0 Å². The highest BCUT2D eigenvalue weighted by Gasteiger charge is 2.11. The van der Waals surface area contributed by atoms with Crippen molar-refractivity contribution in [3.63, 3.8) is 0 Å². The third-order valence-corrected chi connectivity index (χ3v) is 1.40. The first-order chi connectivity index (χ1) is 6.31. The molecule has 0 saturated heterocycles. The second-order valence-electron chi connectivity index (χ2n) is 4.31. The number of amides is 2. The molecule has 0 heterocycles. The van der Waals surface area contributed by atoms with Crippen LogP contribution in [0.5, 0.6) is 0 Å². The maximum Gasteiger partial charge on any atom is 0.314 e. The summed E-state index contributed by atoms with van der Waals surface area (Å²) in [5, 5.41) is 13.4. The Balaban J connectivity index is 3.52. The summed E-state index contributed by atoms with van der Waals surface area (Å²) in [5.74, 6) is -0.916. The monoisotopic (exact) mass is 202 g/mol. The molecule has 0 radical (unpaired) electrons. The van der Waals surface area contributed by atoms with Gasteiger partial charge in [0.15, 0.2) is 0 Å². The van der Waals surface area contributed by atoms with Crippen molar-refractivity contribution in [2.75, 3.05) is 13.1 Å². The average molecular weight is 202 g/mol. The van der Waals surface area contributed by atoms with Crippen molar-refractivity contribution in [3.8, 4) is 0 Å². The minimum absolute atomic E-state index is 0.0319. The van der Waals surface area contributed by atoms with E-state index in [2.05, 4.69) is 10.6 Å². The van der Waals surface area contributed by atoms with Crippen LogP contribution in [0.25, 0.3) is 0 Å². The molecule has 0 saturated carbocycles. The van der Waals surface area contributed by atoms with Crippen molar-refractivity contribution in [3.05, 3.63) is 0 Å². The van der Waals surface area contributed by atoms with Gasteiger partial charge in [-0.05, 0) is 5.41 Å². The number of nitrogens with one attached hydrogen (secondary N) is 2. The highest BCUT2D eigenvalue weighted by Crippen LogP contribution is 2.09. The van der Waals surface area contributed by atoms with Gasteiger partial charge in [0, 0.05) is 13.1 Å². The van der Waals surface area contributed by atoms with Gasteiger partial charge in [-0.2, -0.15) is 0 Å². The molecule has 0 aliphatic heterocycles. The van der Waals surface area contributed by atoms with Gasteiger partial charge in [-0.15, -0.1) is 0 Å². The lowest BCUT2D eigenvalue weighted by atomic mass is 9.97. The van der Waals surface area contributed by atoms with Crippen LogP contribution in [0, 0.1) is 5.41 Å². The maximum atomic E-state index is 11.1. The van der Waals surface area contributed by atoms with Gasteiger partial charge < -0.3 is 15.7 Å². The largest absolute Gasteiger partial charge is 0.481 e. The molecule has 3 N–H and O–H groups in total. The molecule has 5 heteroatoms. The van der Waals surface area contributed by atoms with Crippen molar-refractivity contribution in [1.29, 1.82) is 0 Å². The third-order valence-electron chi connectivity index (χ3n) is 1.40. The van der Waals surface area contributed by atoms with Crippen molar-refractivity contribution in [2.45, 2.75) is 27.2 Å². The fourth-order valence-corrected chi connectivity index (χ4v) is 0.691. The van der Waals surface area contributed by atoms with Gasteiger partial charge in [0.2, 0.25) is 0 Å². The van der Waals surface area contributed by atoms with Crippen LogP contribution in [0.3, 0.4) is 0 Å². The van der Waals surface area contributed by atoms with E-state index in [1.165, 1.54) is 0 Å². The number of hydrogen-bond donors (Lipinski definition) is 3. The standard InChI is InChI=1S/C9H18N2O3/c1-9(2,3)6-11-8(14)10-5-4-7(12)13/h4-6H2,1-3H3,(H,12,13)(H2,10,11,14). The summed E-state index contributed by atoms with van der Waals surface area (Å²) in [6, 6.07) is -0.318. The van der Waals surface area contributed by atoms with E-state index in [4.69, 9.17) is 5.11 Å². The van der Waals surface area contributed by atoms with E-state index in [-0.39, 0.29) is 24.4 Å². The molecular weight excluding hydrogens is 184 g/mol. The summed E-state index contributed by atoms with van der Waals surface area (Å²) < 4.78 is 0. The fourth-order valence-electron chi connectivity index (χ4n) is 0.691. The first-order valence-electron chi connectivity index (χ1n) is 4.55. The van der Waals surface area contributed by atoms with Crippen LogP contribution < -0.4 is 10.6 Å².